The summed E-state index contributed by atoms with van der Waals surface area (Å²) in [4.78, 5) is 44.9. The first kappa shape index (κ1) is 42.1. The Morgan fingerprint density at radius 3 is 2.43 bits per heavy atom. The van der Waals surface area contributed by atoms with Crippen LogP contribution in [0.5, 0.6) is 5.75 Å². The van der Waals surface area contributed by atoms with Crippen molar-refractivity contribution in [3.63, 3.8) is 0 Å². The molecule has 1 aromatic heterocycles. The second-order valence-corrected chi connectivity index (χ2v) is 21.7. The fraction of sp³-hybridized carbons (Fsp3) is 0.396. The van der Waals surface area contributed by atoms with E-state index < -0.39 is 13.7 Å². The number of nitrogens with zero attached hydrogens (tertiary/aromatic N) is 5. The number of rotatable bonds is 15. The van der Waals surface area contributed by atoms with Crippen LogP contribution in [0.2, 0.25) is 18.6 Å². The van der Waals surface area contributed by atoms with Crippen LogP contribution in [0.3, 0.4) is 0 Å². The van der Waals surface area contributed by atoms with E-state index in [1.807, 2.05) is 94.6 Å². The van der Waals surface area contributed by atoms with Crippen LogP contribution in [0, 0.1) is 5.92 Å². The number of hydrogen-bond donors (Lipinski definition) is 1. The number of aromatic nitrogens is 3. The Balaban J connectivity index is 1.20. The average molecular weight is 842 g/mol. The molecule has 1 N–H and O–H groups in total. The first-order valence-electron chi connectivity index (χ1n) is 21.3. The Morgan fingerprint density at radius 2 is 1.69 bits per heavy atom. The summed E-state index contributed by atoms with van der Waals surface area (Å²) in [7, 11) is 0.576. The number of methoxy groups -OCH3 is 2. The molecule has 4 heterocycles. The zero-order chi connectivity index (χ0) is 42.9. The molecular weight excluding hydrogens is 787 g/mol. The lowest BCUT2D eigenvalue weighted by Gasteiger charge is -2.37. The summed E-state index contributed by atoms with van der Waals surface area (Å²) in [5.74, 6) is -0.205. The normalized spacial score (nSPS) is 21.4. The number of aryl methyl sites for hydroxylation is 2. The summed E-state index contributed by atoms with van der Waals surface area (Å²) in [6.07, 6.45) is 4.58. The van der Waals surface area contributed by atoms with Gasteiger partial charge in [-0.05, 0) is 78.7 Å². The molecule has 1 saturated heterocycles. The van der Waals surface area contributed by atoms with E-state index in [2.05, 4.69) is 48.5 Å². The van der Waals surface area contributed by atoms with Crippen molar-refractivity contribution in [1.82, 2.24) is 15.0 Å². The fourth-order valence-electron chi connectivity index (χ4n) is 10.2. The van der Waals surface area contributed by atoms with Gasteiger partial charge in [-0.3, -0.25) is 24.0 Å². The summed E-state index contributed by atoms with van der Waals surface area (Å²) in [6.45, 7) is 7.66. The molecule has 1 fully saturated rings. The highest BCUT2D eigenvalue weighted by Crippen LogP contribution is 2.60. The highest BCUT2D eigenvalue weighted by molar-refractivity contribution is 6.91. The van der Waals surface area contributed by atoms with Gasteiger partial charge in [0.2, 0.25) is 5.91 Å². The second-order valence-electron chi connectivity index (χ2n) is 17.0. The minimum Gasteiger partial charge on any atom is -0.497 e. The van der Waals surface area contributed by atoms with Gasteiger partial charge in [-0.2, -0.15) is 0 Å². The number of aliphatic hydroxyl groups excluding tert-OH is 1. The summed E-state index contributed by atoms with van der Waals surface area (Å²) in [5, 5.41) is 20.6. The Labute approximate surface area is 358 Å². The van der Waals surface area contributed by atoms with Crippen LogP contribution in [0.4, 0.5) is 17.1 Å². The number of hydrogen-bond acceptors (Lipinski definition) is 9. The molecule has 318 valence electrons. The highest BCUT2D eigenvalue weighted by atomic mass is 28.3. The second kappa shape index (κ2) is 17.4. The van der Waals surface area contributed by atoms with Crippen molar-refractivity contribution < 1.29 is 33.7 Å². The molecule has 12 nitrogen and oxygen atoms in total. The van der Waals surface area contributed by atoms with E-state index in [-0.39, 0.29) is 54.3 Å². The molecule has 3 aliphatic heterocycles. The first-order chi connectivity index (χ1) is 29.5. The topological polar surface area (TPSA) is 136 Å². The van der Waals surface area contributed by atoms with E-state index in [4.69, 9.17) is 14.2 Å². The monoisotopic (exact) mass is 841 g/mol. The Kier molecular flexibility index (Phi) is 12.0. The first-order valence-corrected chi connectivity index (χ1v) is 24.4. The van der Waals surface area contributed by atoms with Crippen LogP contribution < -0.4 is 19.7 Å². The van der Waals surface area contributed by atoms with Crippen molar-refractivity contribution >= 4 is 48.1 Å². The lowest BCUT2D eigenvalue weighted by molar-refractivity contribution is -0.146. The number of aliphatic hydroxyl groups is 1. The lowest BCUT2D eigenvalue weighted by atomic mass is 9.82. The molecule has 0 aliphatic carbocycles. The lowest BCUT2D eigenvalue weighted by Crippen LogP contribution is -2.52. The third kappa shape index (κ3) is 7.68. The molecule has 61 heavy (non-hydrogen) atoms. The van der Waals surface area contributed by atoms with E-state index in [9.17, 15) is 14.7 Å². The minimum absolute atomic E-state index is 0.00350. The standard InChI is InChI=1S/C48H55N5O7Si/c1-32-46(61(4,5)37-22-20-36(58-2)21-23-37)43(26-28-51-30-40(49-50-51)38(31-54)33-13-7-6-8-14-33)60-48(32)39-29-35(53-41-16-10-9-15-34(41)18-25-44(53)55)19-24-42(39)52(47(48)57)27-12-11-17-45(56)59-3/h6-10,13-16,19-24,29-30,32,38,43,46,54H,11-12,17-18,25-28,31H2,1-5H3/t32-,38?,43+,46-,48+/m1/s1. The third-order valence-electron chi connectivity index (χ3n) is 13.3. The van der Waals surface area contributed by atoms with Crippen LogP contribution in [-0.4, -0.2) is 79.4 Å². The van der Waals surface area contributed by atoms with Crippen LogP contribution in [0.15, 0.2) is 103 Å². The van der Waals surface area contributed by atoms with Gasteiger partial charge in [0.05, 0.1) is 58.0 Å². The molecule has 3 aliphatic rings. The number of ether oxygens (including phenoxy) is 3. The minimum atomic E-state index is -2.47. The maximum absolute atomic E-state index is 15.5. The predicted molar refractivity (Wildman–Crippen MR) is 236 cm³/mol. The van der Waals surface area contributed by atoms with Gasteiger partial charge in [-0.1, -0.05) is 91.1 Å². The van der Waals surface area contributed by atoms with Gasteiger partial charge in [0.25, 0.3) is 5.91 Å². The molecular formula is C48H55N5O7Si. The Hall–Kier alpha value is -5.63. The van der Waals surface area contributed by atoms with Crippen LogP contribution in [0.1, 0.15) is 67.3 Å². The van der Waals surface area contributed by atoms with Gasteiger partial charge in [0.1, 0.15) is 5.75 Å². The Bertz CT molecular complexity index is 2390. The third-order valence-corrected chi connectivity index (χ3v) is 17.7. The molecule has 0 radical (unpaired) electrons. The zero-order valence-corrected chi connectivity index (χ0v) is 36.6. The SMILES string of the molecule is COC(=O)CCCCN1C(=O)[C@@]2(O[C@@H](CCn3cc(C(CO)c4ccccc4)nn3)[C@H]([Si](C)(C)c3ccc(OC)cc3)[C@H]2C)c2cc(N3C(=O)CCc4ccccc43)ccc21. The number of amides is 2. The molecule has 8 rings (SSSR count). The summed E-state index contributed by atoms with van der Waals surface area (Å²) in [5.41, 5.74) is 4.43. The van der Waals surface area contributed by atoms with Crippen LogP contribution in [-0.2, 0) is 42.4 Å². The van der Waals surface area contributed by atoms with Gasteiger partial charge in [0, 0.05) is 49.3 Å². The van der Waals surface area contributed by atoms with Gasteiger partial charge >= 0.3 is 5.97 Å². The van der Waals surface area contributed by atoms with Gasteiger partial charge in [-0.15, -0.1) is 5.10 Å². The van der Waals surface area contributed by atoms with Crippen LogP contribution >= 0.6 is 0 Å². The number of fused-ring (bicyclic) bond motifs is 3. The van der Waals surface area contributed by atoms with Gasteiger partial charge < -0.3 is 24.2 Å². The number of unbranched alkanes of at least 4 members (excludes halogenated alkanes) is 1. The largest absolute Gasteiger partial charge is 0.497 e. The fourth-order valence-corrected chi connectivity index (χ4v) is 14.2. The maximum Gasteiger partial charge on any atom is 0.305 e. The Morgan fingerprint density at radius 1 is 0.934 bits per heavy atom. The number of anilines is 3. The van der Waals surface area contributed by atoms with E-state index >= 15 is 4.79 Å². The van der Waals surface area contributed by atoms with Crippen molar-refractivity contribution in [1.29, 1.82) is 0 Å². The van der Waals surface area contributed by atoms with Crippen molar-refractivity contribution in [2.75, 3.05) is 37.2 Å². The molecule has 4 aromatic carbocycles. The average Bonchev–Trinajstić information content (AvgIpc) is 3.94. The number of para-hydroxylation sites is 1. The van der Waals surface area contributed by atoms with Crippen molar-refractivity contribution in [3.05, 3.63) is 126 Å². The predicted octanol–water partition coefficient (Wildman–Crippen LogP) is 7.02. The van der Waals surface area contributed by atoms with E-state index in [1.54, 1.807) is 12.0 Å². The number of carbonyl (C=O) groups excluding carboxylic acids is 3. The van der Waals surface area contributed by atoms with Gasteiger partial charge in [0.15, 0.2) is 5.60 Å². The van der Waals surface area contributed by atoms with E-state index in [1.165, 1.54) is 12.3 Å². The quantitative estimate of drug-likeness (QED) is 0.0671. The number of carbonyl (C=O) groups is 3. The molecule has 1 unspecified atom stereocenters. The molecule has 2 amide bonds. The molecule has 5 aromatic rings. The van der Waals surface area contributed by atoms with Crippen LogP contribution in [0.25, 0.3) is 0 Å². The van der Waals surface area contributed by atoms with Crippen molar-refractivity contribution in [2.45, 2.75) is 88.3 Å². The van der Waals surface area contributed by atoms with E-state index in [0.717, 1.165) is 33.8 Å². The summed E-state index contributed by atoms with van der Waals surface area (Å²) >= 11 is 0. The molecule has 1 spiro atoms. The van der Waals surface area contributed by atoms with E-state index in [0.29, 0.717) is 56.6 Å². The number of esters is 1. The van der Waals surface area contributed by atoms with Crippen molar-refractivity contribution in [2.24, 2.45) is 5.92 Å². The highest BCUT2D eigenvalue weighted by Gasteiger charge is 2.66. The smallest absolute Gasteiger partial charge is 0.305 e. The molecule has 0 bridgehead atoms. The van der Waals surface area contributed by atoms with Gasteiger partial charge in [-0.25, -0.2) is 0 Å². The molecule has 13 heteroatoms. The zero-order valence-electron chi connectivity index (χ0n) is 35.6. The van der Waals surface area contributed by atoms with Crippen molar-refractivity contribution in [3.8, 4) is 5.75 Å². The molecule has 0 saturated carbocycles. The summed E-state index contributed by atoms with van der Waals surface area (Å²) < 4.78 is 19.7. The maximum atomic E-state index is 15.5. The summed E-state index contributed by atoms with van der Waals surface area (Å²) in [6, 6.07) is 32.0. The molecule has 5 atom stereocenters. The number of benzene rings is 4.